The van der Waals surface area contributed by atoms with Crippen LogP contribution >= 0.6 is 0 Å². The molecule has 4 heterocycles. The van der Waals surface area contributed by atoms with Crippen LogP contribution < -0.4 is 10.5 Å². The molecule has 8 heteroatoms. The second kappa shape index (κ2) is 8.09. The highest BCUT2D eigenvalue weighted by molar-refractivity contribution is 6.00. The molecule has 0 aliphatic carbocycles. The maximum atomic E-state index is 11.7. The van der Waals surface area contributed by atoms with Gasteiger partial charge in [0.25, 0.3) is 0 Å². The standard InChI is InChI=1S/C27H23N5O3/c1-4-22-29-20-8-6-12-28-26(20)32(22)18-10-11-19-17(13-18)14-34-21-9-5-7-15(2)23(21)24(19)16(3)25-30-27(33)35-31-25/h5-13H,4,14H2,1-3H3,(H,30,31,33)/b24-16-. The van der Waals surface area contributed by atoms with Crippen molar-refractivity contribution in [1.29, 1.82) is 0 Å². The van der Waals surface area contributed by atoms with Crippen LogP contribution in [0.4, 0.5) is 0 Å². The average Bonchev–Trinajstić information content (AvgIpc) is 3.43. The first-order valence-corrected chi connectivity index (χ1v) is 11.5. The van der Waals surface area contributed by atoms with E-state index in [4.69, 9.17) is 14.2 Å². The summed E-state index contributed by atoms with van der Waals surface area (Å²) in [7, 11) is 0. The Labute approximate surface area is 200 Å². The first kappa shape index (κ1) is 21.1. The Morgan fingerprint density at radius 1 is 1.17 bits per heavy atom. The molecular weight excluding hydrogens is 442 g/mol. The number of fused-ring (bicyclic) bond motifs is 3. The number of ether oxygens (including phenoxy) is 1. The van der Waals surface area contributed by atoms with Crippen LogP contribution in [0, 0.1) is 6.92 Å². The van der Waals surface area contributed by atoms with Crippen molar-refractivity contribution in [2.45, 2.75) is 33.8 Å². The van der Waals surface area contributed by atoms with Crippen LogP contribution in [0.5, 0.6) is 5.75 Å². The minimum absolute atomic E-state index is 0.396. The molecule has 6 rings (SSSR count). The molecule has 0 amide bonds. The van der Waals surface area contributed by atoms with E-state index in [2.05, 4.69) is 57.8 Å². The molecule has 3 aromatic heterocycles. The highest BCUT2D eigenvalue weighted by Crippen LogP contribution is 2.42. The zero-order valence-electron chi connectivity index (χ0n) is 19.6. The summed E-state index contributed by atoms with van der Waals surface area (Å²) >= 11 is 0. The van der Waals surface area contributed by atoms with Crippen LogP contribution in [0.25, 0.3) is 28.0 Å². The molecule has 8 nitrogen and oxygen atoms in total. The van der Waals surface area contributed by atoms with E-state index in [1.165, 1.54) is 0 Å². The van der Waals surface area contributed by atoms with E-state index in [0.717, 1.165) is 68.2 Å². The Morgan fingerprint density at radius 2 is 2.06 bits per heavy atom. The van der Waals surface area contributed by atoms with Crippen LogP contribution in [0.15, 0.2) is 64.0 Å². The summed E-state index contributed by atoms with van der Waals surface area (Å²) in [5.41, 5.74) is 8.48. The SMILES string of the molecule is CCc1nc2cccnc2n1-c1ccc2c(c1)COc1cccc(C)c1/C2=C(/C)c1noc(=O)[nH]1. The molecule has 0 fully saturated rings. The molecule has 1 aliphatic heterocycles. The van der Waals surface area contributed by atoms with Gasteiger partial charge in [-0.05, 0) is 66.4 Å². The van der Waals surface area contributed by atoms with E-state index >= 15 is 0 Å². The van der Waals surface area contributed by atoms with Crippen LogP contribution in [-0.4, -0.2) is 24.7 Å². The van der Waals surface area contributed by atoms with Gasteiger partial charge in [-0.2, -0.15) is 0 Å². The normalized spacial score (nSPS) is 14.3. The number of nitrogens with one attached hydrogen (secondary N) is 1. The Hall–Kier alpha value is -4.46. The predicted molar refractivity (Wildman–Crippen MR) is 132 cm³/mol. The number of rotatable bonds is 3. The molecule has 1 N–H and O–H groups in total. The number of nitrogens with zero attached hydrogens (tertiary/aromatic N) is 4. The van der Waals surface area contributed by atoms with Crippen LogP contribution in [-0.2, 0) is 13.0 Å². The lowest BCUT2D eigenvalue weighted by Gasteiger charge is -2.16. The van der Waals surface area contributed by atoms with E-state index in [1.807, 2.05) is 31.2 Å². The third-order valence-electron chi connectivity index (χ3n) is 6.46. The molecule has 0 radical (unpaired) electrons. The van der Waals surface area contributed by atoms with Gasteiger partial charge in [-0.25, -0.2) is 14.8 Å². The highest BCUT2D eigenvalue weighted by Gasteiger charge is 2.25. The number of hydrogen-bond acceptors (Lipinski definition) is 6. The molecule has 174 valence electrons. The largest absolute Gasteiger partial charge is 0.488 e. The highest BCUT2D eigenvalue weighted by atomic mass is 16.5. The Balaban J connectivity index is 1.61. The van der Waals surface area contributed by atoms with Crippen LogP contribution in [0.1, 0.15) is 47.8 Å². The van der Waals surface area contributed by atoms with Gasteiger partial charge in [0.05, 0.1) is 0 Å². The van der Waals surface area contributed by atoms with E-state index in [-0.39, 0.29) is 0 Å². The summed E-state index contributed by atoms with van der Waals surface area (Å²) in [5, 5.41) is 3.95. The van der Waals surface area contributed by atoms with E-state index in [0.29, 0.717) is 12.4 Å². The monoisotopic (exact) mass is 465 g/mol. The number of benzene rings is 2. The zero-order chi connectivity index (χ0) is 24.1. The smallest absolute Gasteiger partial charge is 0.439 e. The summed E-state index contributed by atoms with van der Waals surface area (Å²) in [4.78, 5) is 23.8. The third kappa shape index (κ3) is 3.37. The lowest BCUT2D eigenvalue weighted by atomic mass is 9.88. The lowest BCUT2D eigenvalue weighted by Crippen LogP contribution is -2.04. The maximum Gasteiger partial charge on any atom is 0.439 e. The van der Waals surface area contributed by atoms with Gasteiger partial charge in [0, 0.05) is 29.4 Å². The van der Waals surface area contributed by atoms with Gasteiger partial charge in [-0.3, -0.25) is 14.1 Å². The molecule has 0 saturated heterocycles. The van der Waals surface area contributed by atoms with Gasteiger partial charge >= 0.3 is 5.76 Å². The predicted octanol–water partition coefficient (Wildman–Crippen LogP) is 4.84. The fourth-order valence-corrected chi connectivity index (χ4v) is 4.82. The quantitative estimate of drug-likeness (QED) is 0.409. The number of imidazole rings is 1. The van der Waals surface area contributed by atoms with Crippen LogP contribution in [0.2, 0.25) is 0 Å². The molecule has 2 aromatic carbocycles. The number of aryl methyl sites for hydroxylation is 2. The van der Waals surface area contributed by atoms with Crippen molar-refractivity contribution in [3.8, 4) is 11.4 Å². The first-order chi connectivity index (χ1) is 17.0. The minimum atomic E-state index is -0.586. The Morgan fingerprint density at radius 3 is 2.86 bits per heavy atom. The third-order valence-corrected chi connectivity index (χ3v) is 6.46. The van der Waals surface area contributed by atoms with Crippen molar-refractivity contribution in [2.24, 2.45) is 0 Å². The van der Waals surface area contributed by atoms with Gasteiger partial charge in [-0.15, -0.1) is 0 Å². The second-order valence-corrected chi connectivity index (χ2v) is 8.58. The molecule has 0 unspecified atom stereocenters. The Kier molecular flexibility index (Phi) is 4.88. The van der Waals surface area contributed by atoms with Gasteiger partial charge in [0.15, 0.2) is 11.5 Å². The van der Waals surface area contributed by atoms with Crippen LogP contribution in [0.3, 0.4) is 0 Å². The summed E-state index contributed by atoms with van der Waals surface area (Å²) in [5.74, 6) is 1.54. The average molecular weight is 466 g/mol. The minimum Gasteiger partial charge on any atom is -0.488 e. The number of aromatic nitrogens is 5. The molecular formula is C27H23N5O3. The van der Waals surface area contributed by atoms with Crippen molar-refractivity contribution in [3.05, 3.63) is 99.2 Å². The number of aromatic amines is 1. The Bertz CT molecular complexity index is 1690. The van der Waals surface area contributed by atoms with Gasteiger partial charge < -0.3 is 4.74 Å². The number of H-pyrrole nitrogens is 1. The summed E-state index contributed by atoms with van der Waals surface area (Å²) in [6, 6.07) is 16.2. The van der Waals surface area contributed by atoms with Crippen molar-refractivity contribution < 1.29 is 9.26 Å². The van der Waals surface area contributed by atoms with Crippen molar-refractivity contribution in [3.63, 3.8) is 0 Å². The lowest BCUT2D eigenvalue weighted by molar-refractivity contribution is 0.307. The molecule has 0 saturated carbocycles. The van der Waals surface area contributed by atoms with Crippen molar-refractivity contribution in [1.82, 2.24) is 24.7 Å². The molecule has 5 aromatic rings. The summed E-state index contributed by atoms with van der Waals surface area (Å²) < 4.78 is 13.2. The number of hydrogen-bond donors (Lipinski definition) is 1. The summed E-state index contributed by atoms with van der Waals surface area (Å²) in [6.45, 7) is 6.47. The van der Waals surface area contributed by atoms with Gasteiger partial charge in [0.1, 0.15) is 23.7 Å². The number of pyridine rings is 1. The first-order valence-electron chi connectivity index (χ1n) is 11.5. The number of allylic oxidation sites excluding steroid dienone is 1. The zero-order valence-corrected chi connectivity index (χ0v) is 19.6. The summed E-state index contributed by atoms with van der Waals surface area (Å²) in [6.07, 6.45) is 2.56. The van der Waals surface area contributed by atoms with Gasteiger partial charge in [0.2, 0.25) is 0 Å². The molecule has 0 spiro atoms. The van der Waals surface area contributed by atoms with Crippen molar-refractivity contribution in [2.75, 3.05) is 0 Å². The van der Waals surface area contributed by atoms with E-state index < -0.39 is 5.76 Å². The maximum absolute atomic E-state index is 11.7. The molecule has 0 atom stereocenters. The molecule has 35 heavy (non-hydrogen) atoms. The second-order valence-electron chi connectivity index (χ2n) is 8.58. The fraction of sp³-hybridized carbons (Fsp3) is 0.185. The fourth-order valence-electron chi connectivity index (χ4n) is 4.82. The topological polar surface area (TPSA) is 98.8 Å². The van der Waals surface area contributed by atoms with E-state index in [9.17, 15) is 4.79 Å². The molecule has 1 aliphatic rings. The molecule has 0 bridgehead atoms. The van der Waals surface area contributed by atoms with Crippen molar-refractivity contribution >= 4 is 22.3 Å². The van der Waals surface area contributed by atoms with E-state index in [1.54, 1.807) is 6.20 Å². The van der Waals surface area contributed by atoms with Gasteiger partial charge in [-0.1, -0.05) is 30.3 Å².